The molecule has 0 aliphatic carbocycles. The molecule has 4 aromatic rings. The van der Waals surface area contributed by atoms with Gasteiger partial charge in [-0.2, -0.15) is 0 Å². The van der Waals surface area contributed by atoms with Gasteiger partial charge in [0.1, 0.15) is 5.82 Å². The molecule has 0 spiro atoms. The van der Waals surface area contributed by atoms with E-state index in [1.807, 2.05) is 24.3 Å². The number of nitrogens with zero attached hydrogens (tertiary/aromatic N) is 2. The maximum absolute atomic E-state index is 5.47. The second kappa shape index (κ2) is 6.77. The molecular formula is C21H19N3O. The summed E-state index contributed by atoms with van der Waals surface area (Å²) in [6.45, 7) is 2.88. The van der Waals surface area contributed by atoms with Crippen molar-refractivity contribution in [2.45, 2.75) is 13.3 Å². The Bertz CT molecular complexity index is 979. The van der Waals surface area contributed by atoms with Gasteiger partial charge in [0.05, 0.1) is 11.8 Å². The molecule has 4 rings (SSSR count). The van der Waals surface area contributed by atoms with Crippen LogP contribution in [0.25, 0.3) is 22.5 Å². The number of furan rings is 1. The smallest absolute Gasteiger partial charge is 0.198 e. The molecule has 4 nitrogen and oxygen atoms in total. The number of fused-ring (bicyclic) bond motifs is 1. The van der Waals surface area contributed by atoms with Gasteiger partial charge in [-0.05, 0) is 43.2 Å². The molecule has 4 heteroatoms. The molecule has 1 N–H and O–H groups in total. The molecular weight excluding hydrogens is 310 g/mol. The molecule has 0 fully saturated rings. The Labute approximate surface area is 146 Å². The van der Waals surface area contributed by atoms with E-state index in [9.17, 15) is 0 Å². The lowest BCUT2D eigenvalue weighted by Crippen LogP contribution is -2.08. The summed E-state index contributed by atoms with van der Waals surface area (Å²) in [5, 5.41) is 4.50. The molecule has 0 amide bonds. The van der Waals surface area contributed by atoms with Crippen molar-refractivity contribution in [1.82, 2.24) is 9.97 Å². The number of rotatable bonds is 5. The molecule has 124 valence electrons. The Kier molecular flexibility index (Phi) is 4.17. The first-order valence-electron chi connectivity index (χ1n) is 8.40. The van der Waals surface area contributed by atoms with Crippen molar-refractivity contribution >= 4 is 16.7 Å². The second-order valence-corrected chi connectivity index (χ2v) is 6.06. The van der Waals surface area contributed by atoms with Gasteiger partial charge in [0, 0.05) is 11.9 Å². The van der Waals surface area contributed by atoms with E-state index < -0.39 is 0 Å². The summed E-state index contributed by atoms with van der Waals surface area (Å²) in [5.74, 6) is 2.12. The standard InChI is InChI=1S/C21H19N3O/c1-15-9-10-18-17(14-15)20(22-12-11-16-6-3-2-4-7-16)24-21(23-18)19-8-5-13-25-19/h2-10,13-14H,11-12H2,1H3,(H,22,23,24). The van der Waals surface area contributed by atoms with Crippen molar-refractivity contribution in [3.63, 3.8) is 0 Å². The van der Waals surface area contributed by atoms with Gasteiger partial charge in [0.2, 0.25) is 0 Å². The zero-order valence-corrected chi connectivity index (χ0v) is 14.1. The molecule has 2 heterocycles. The molecule has 2 aromatic heterocycles. The van der Waals surface area contributed by atoms with E-state index in [4.69, 9.17) is 9.40 Å². The lowest BCUT2D eigenvalue weighted by Gasteiger charge is -2.11. The SMILES string of the molecule is Cc1ccc2nc(-c3ccco3)nc(NCCc3ccccc3)c2c1. The highest BCUT2D eigenvalue weighted by molar-refractivity contribution is 5.90. The monoisotopic (exact) mass is 329 g/mol. The fourth-order valence-corrected chi connectivity index (χ4v) is 2.86. The topological polar surface area (TPSA) is 51.0 Å². The molecule has 25 heavy (non-hydrogen) atoms. The third-order valence-corrected chi connectivity index (χ3v) is 4.14. The van der Waals surface area contributed by atoms with E-state index in [1.165, 1.54) is 11.1 Å². The Morgan fingerprint density at radius 1 is 0.960 bits per heavy atom. The van der Waals surface area contributed by atoms with Crippen molar-refractivity contribution in [3.8, 4) is 11.6 Å². The van der Waals surface area contributed by atoms with Crippen LogP contribution in [-0.2, 0) is 6.42 Å². The van der Waals surface area contributed by atoms with E-state index in [-0.39, 0.29) is 0 Å². The first-order valence-corrected chi connectivity index (χ1v) is 8.40. The number of aryl methyl sites for hydroxylation is 1. The number of benzene rings is 2. The van der Waals surface area contributed by atoms with Crippen molar-refractivity contribution in [2.24, 2.45) is 0 Å². The van der Waals surface area contributed by atoms with Crippen LogP contribution in [0.15, 0.2) is 71.3 Å². The highest BCUT2D eigenvalue weighted by Gasteiger charge is 2.11. The summed E-state index contributed by atoms with van der Waals surface area (Å²) in [7, 11) is 0. The first-order chi connectivity index (χ1) is 12.3. The average molecular weight is 329 g/mol. The van der Waals surface area contributed by atoms with Crippen LogP contribution in [0.4, 0.5) is 5.82 Å². The fraction of sp³-hybridized carbons (Fsp3) is 0.143. The zero-order valence-electron chi connectivity index (χ0n) is 14.1. The highest BCUT2D eigenvalue weighted by atomic mass is 16.3. The number of hydrogen-bond donors (Lipinski definition) is 1. The van der Waals surface area contributed by atoms with E-state index in [0.717, 1.165) is 29.7 Å². The molecule has 0 aliphatic heterocycles. The summed E-state index contributed by atoms with van der Waals surface area (Å²) in [5.41, 5.74) is 3.40. The number of anilines is 1. The minimum Gasteiger partial charge on any atom is -0.461 e. The van der Waals surface area contributed by atoms with Crippen LogP contribution >= 0.6 is 0 Å². The number of hydrogen-bond acceptors (Lipinski definition) is 4. The summed E-state index contributed by atoms with van der Waals surface area (Å²) >= 11 is 0. The summed E-state index contributed by atoms with van der Waals surface area (Å²) < 4.78 is 5.47. The van der Waals surface area contributed by atoms with Crippen LogP contribution < -0.4 is 5.32 Å². The van der Waals surface area contributed by atoms with Crippen LogP contribution in [0.2, 0.25) is 0 Å². The second-order valence-electron chi connectivity index (χ2n) is 6.06. The van der Waals surface area contributed by atoms with Gasteiger partial charge in [0.15, 0.2) is 11.6 Å². The van der Waals surface area contributed by atoms with E-state index in [1.54, 1.807) is 6.26 Å². The predicted molar refractivity (Wildman–Crippen MR) is 101 cm³/mol. The largest absolute Gasteiger partial charge is 0.461 e. The lowest BCUT2D eigenvalue weighted by molar-refractivity contribution is 0.577. The summed E-state index contributed by atoms with van der Waals surface area (Å²) in [6, 6.07) is 20.4. The minimum absolute atomic E-state index is 0.601. The Hall–Kier alpha value is -3.14. The van der Waals surface area contributed by atoms with Crippen molar-refractivity contribution in [3.05, 3.63) is 78.1 Å². The van der Waals surface area contributed by atoms with E-state index in [0.29, 0.717) is 11.6 Å². The molecule has 2 aromatic carbocycles. The Balaban J connectivity index is 1.66. The quantitative estimate of drug-likeness (QED) is 0.568. The normalized spacial score (nSPS) is 10.9. The lowest BCUT2D eigenvalue weighted by atomic mass is 10.1. The van der Waals surface area contributed by atoms with Crippen molar-refractivity contribution in [2.75, 3.05) is 11.9 Å². The Morgan fingerprint density at radius 3 is 2.64 bits per heavy atom. The van der Waals surface area contributed by atoms with Crippen molar-refractivity contribution < 1.29 is 4.42 Å². The fourth-order valence-electron chi connectivity index (χ4n) is 2.86. The molecule has 0 bridgehead atoms. The van der Waals surface area contributed by atoms with Gasteiger partial charge in [-0.15, -0.1) is 0 Å². The third kappa shape index (κ3) is 3.38. The minimum atomic E-state index is 0.601. The molecule has 0 atom stereocenters. The molecule has 0 unspecified atom stereocenters. The van der Waals surface area contributed by atoms with Gasteiger partial charge in [-0.1, -0.05) is 42.0 Å². The molecule has 0 saturated heterocycles. The van der Waals surface area contributed by atoms with Crippen LogP contribution in [0, 0.1) is 6.92 Å². The van der Waals surface area contributed by atoms with Gasteiger partial charge in [-0.3, -0.25) is 0 Å². The maximum atomic E-state index is 5.47. The third-order valence-electron chi connectivity index (χ3n) is 4.14. The van der Waals surface area contributed by atoms with Crippen molar-refractivity contribution in [1.29, 1.82) is 0 Å². The zero-order chi connectivity index (χ0) is 17.1. The van der Waals surface area contributed by atoms with Crippen LogP contribution in [0.5, 0.6) is 0 Å². The van der Waals surface area contributed by atoms with Gasteiger partial charge < -0.3 is 9.73 Å². The predicted octanol–water partition coefficient (Wildman–Crippen LogP) is 4.85. The first kappa shape index (κ1) is 15.4. The van der Waals surface area contributed by atoms with E-state index >= 15 is 0 Å². The van der Waals surface area contributed by atoms with Gasteiger partial charge in [0.25, 0.3) is 0 Å². The molecule has 0 saturated carbocycles. The van der Waals surface area contributed by atoms with Crippen LogP contribution in [0.3, 0.4) is 0 Å². The van der Waals surface area contributed by atoms with Crippen LogP contribution in [-0.4, -0.2) is 16.5 Å². The van der Waals surface area contributed by atoms with E-state index in [2.05, 4.69) is 53.6 Å². The molecule has 0 aliphatic rings. The van der Waals surface area contributed by atoms with Gasteiger partial charge >= 0.3 is 0 Å². The Morgan fingerprint density at radius 2 is 1.84 bits per heavy atom. The van der Waals surface area contributed by atoms with Gasteiger partial charge in [-0.25, -0.2) is 9.97 Å². The molecule has 0 radical (unpaired) electrons. The average Bonchev–Trinajstić information content (AvgIpc) is 3.17. The maximum Gasteiger partial charge on any atom is 0.198 e. The number of nitrogens with one attached hydrogen (secondary N) is 1. The summed E-state index contributed by atoms with van der Waals surface area (Å²) in [4.78, 5) is 9.34. The summed E-state index contributed by atoms with van der Waals surface area (Å²) in [6.07, 6.45) is 2.58. The number of aromatic nitrogens is 2. The highest BCUT2D eigenvalue weighted by Crippen LogP contribution is 2.26. The van der Waals surface area contributed by atoms with Crippen LogP contribution in [0.1, 0.15) is 11.1 Å².